The Labute approximate surface area is 188 Å². The SMILES string of the molecule is CC(C)NC(=O)Nc1cccc(C(=O)N2CCN(c3ncc(C(F)(F)F)cc3Cl)CC2)c1. The fourth-order valence-electron chi connectivity index (χ4n) is 3.28. The molecule has 172 valence electrons. The van der Waals surface area contributed by atoms with Gasteiger partial charge in [-0.3, -0.25) is 4.79 Å². The second kappa shape index (κ2) is 9.64. The summed E-state index contributed by atoms with van der Waals surface area (Å²) < 4.78 is 38.4. The molecule has 1 aliphatic heterocycles. The van der Waals surface area contributed by atoms with Gasteiger partial charge >= 0.3 is 12.2 Å². The molecule has 2 aromatic rings. The van der Waals surface area contributed by atoms with Crippen LogP contribution < -0.4 is 15.5 Å². The van der Waals surface area contributed by atoms with E-state index < -0.39 is 11.7 Å². The third-order valence-electron chi connectivity index (χ3n) is 4.80. The zero-order chi connectivity index (χ0) is 23.5. The molecule has 0 unspecified atom stereocenters. The third kappa shape index (κ3) is 5.82. The molecule has 1 saturated heterocycles. The Morgan fingerprint density at radius 1 is 1.12 bits per heavy atom. The molecule has 0 bridgehead atoms. The minimum absolute atomic E-state index is 0.0243. The van der Waals surface area contributed by atoms with Crippen molar-refractivity contribution in [3.8, 4) is 0 Å². The molecule has 7 nitrogen and oxygen atoms in total. The lowest BCUT2D eigenvalue weighted by Crippen LogP contribution is -2.49. The summed E-state index contributed by atoms with van der Waals surface area (Å²) in [6.45, 7) is 5.13. The van der Waals surface area contributed by atoms with Gasteiger partial charge in [-0.25, -0.2) is 9.78 Å². The van der Waals surface area contributed by atoms with Gasteiger partial charge in [0.2, 0.25) is 0 Å². The summed E-state index contributed by atoms with van der Waals surface area (Å²) in [5.74, 6) is 0.0539. The molecular formula is C21H23ClF3N5O2. The molecule has 1 aromatic heterocycles. The summed E-state index contributed by atoms with van der Waals surface area (Å²) in [5.41, 5.74) is 0.00971. The number of amides is 3. The first-order valence-corrected chi connectivity index (χ1v) is 10.4. The van der Waals surface area contributed by atoms with Crippen LogP contribution in [0.2, 0.25) is 5.02 Å². The van der Waals surface area contributed by atoms with Crippen LogP contribution >= 0.6 is 11.6 Å². The molecule has 0 radical (unpaired) electrons. The van der Waals surface area contributed by atoms with Crippen molar-refractivity contribution < 1.29 is 22.8 Å². The van der Waals surface area contributed by atoms with Crippen LogP contribution in [0.4, 0.5) is 29.5 Å². The number of rotatable bonds is 4. The monoisotopic (exact) mass is 469 g/mol. The molecular weight excluding hydrogens is 447 g/mol. The maximum atomic E-state index is 12.9. The Bertz CT molecular complexity index is 992. The summed E-state index contributed by atoms with van der Waals surface area (Å²) in [4.78, 5) is 32.0. The number of benzene rings is 1. The van der Waals surface area contributed by atoms with Crippen molar-refractivity contribution in [3.05, 3.63) is 52.7 Å². The lowest BCUT2D eigenvalue weighted by Gasteiger charge is -2.36. The van der Waals surface area contributed by atoms with Crippen LogP contribution in [0.25, 0.3) is 0 Å². The van der Waals surface area contributed by atoms with Gasteiger partial charge in [0.1, 0.15) is 5.82 Å². The number of carbonyl (C=O) groups is 2. The molecule has 32 heavy (non-hydrogen) atoms. The highest BCUT2D eigenvalue weighted by atomic mass is 35.5. The molecule has 0 atom stereocenters. The second-order valence-corrected chi connectivity index (χ2v) is 8.05. The van der Waals surface area contributed by atoms with Crippen molar-refractivity contribution in [1.82, 2.24) is 15.2 Å². The minimum atomic E-state index is -4.51. The fourth-order valence-corrected chi connectivity index (χ4v) is 3.57. The number of halogens is 4. The lowest BCUT2D eigenvalue weighted by atomic mass is 10.1. The van der Waals surface area contributed by atoms with Crippen molar-refractivity contribution in [3.63, 3.8) is 0 Å². The molecule has 0 aliphatic carbocycles. The van der Waals surface area contributed by atoms with Crippen LogP contribution in [0.3, 0.4) is 0 Å². The normalized spacial score (nSPS) is 14.5. The molecule has 11 heteroatoms. The number of nitrogens with zero attached hydrogens (tertiary/aromatic N) is 3. The van der Waals surface area contributed by atoms with E-state index in [1.165, 1.54) is 0 Å². The number of alkyl halides is 3. The summed E-state index contributed by atoms with van der Waals surface area (Å²) in [6.07, 6.45) is -3.76. The average molecular weight is 470 g/mol. The van der Waals surface area contributed by atoms with Gasteiger partial charge in [-0.1, -0.05) is 17.7 Å². The predicted octanol–water partition coefficient (Wildman–Crippen LogP) is 4.25. The number of nitrogens with one attached hydrogen (secondary N) is 2. The van der Waals surface area contributed by atoms with Gasteiger partial charge in [-0.05, 0) is 38.1 Å². The minimum Gasteiger partial charge on any atom is -0.352 e. The summed E-state index contributed by atoms with van der Waals surface area (Å²) in [6, 6.07) is 7.10. The van der Waals surface area contributed by atoms with E-state index in [0.29, 0.717) is 37.4 Å². The molecule has 0 spiro atoms. The van der Waals surface area contributed by atoms with Crippen LogP contribution in [-0.2, 0) is 6.18 Å². The maximum absolute atomic E-state index is 12.9. The van der Waals surface area contributed by atoms with E-state index >= 15 is 0 Å². The van der Waals surface area contributed by atoms with Crippen molar-refractivity contribution in [1.29, 1.82) is 0 Å². The highest BCUT2D eigenvalue weighted by Crippen LogP contribution is 2.33. The lowest BCUT2D eigenvalue weighted by molar-refractivity contribution is -0.137. The fraction of sp³-hybridized carbons (Fsp3) is 0.381. The van der Waals surface area contributed by atoms with Gasteiger partial charge in [-0.2, -0.15) is 13.2 Å². The maximum Gasteiger partial charge on any atom is 0.417 e. The molecule has 1 aromatic carbocycles. The number of hydrogen-bond acceptors (Lipinski definition) is 4. The Hall–Kier alpha value is -3.01. The number of hydrogen-bond donors (Lipinski definition) is 2. The van der Waals surface area contributed by atoms with E-state index in [1.54, 1.807) is 34.1 Å². The highest BCUT2D eigenvalue weighted by molar-refractivity contribution is 6.33. The summed E-state index contributed by atoms with van der Waals surface area (Å²) in [5, 5.41) is 5.31. The standard InChI is InChI=1S/C21H23ClF3N5O2/c1-13(2)27-20(32)28-16-5-3-4-14(10-16)19(31)30-8-6-29(7-9-30)18-17(22)11-15(12-26-18)21(23,24)25/h3-5,10-13H,6-9H2,1-2H3,(H2,27,28,32). The van der Waals surface area contributed by atoms with E-state index in [1.807, 2.05) is 13.8 Å². The van der Waals surface area contributed by atoms with Crippen LogP contribution in [-0.4, -0.2) is 54.0 Å². The van der Waals surface area contributed by atoms with E-state index in [9.17, 15) is 22.8 Å². The number of anilines is 2. The van der Waals surface area contributed by atoms with Gasteiger partial charge in [0, 0.05) is 49.7 Å². The van der Waals surface area contributed by atoms with E-state index in [4.69, 9.17) is 11.6 Å². The molecule has 1 aliphatic rings. The highest BCUT2D eigenvalue weighted by Gasteiger charge is 2.32. The largest absolute Gasteiger partial charge is 0.417 e. The number of piperazine rings is 1. The van der Waals surface area contributed by atoms with Crippen molar-refractivity contribution in [2.24, 2.45) is 0 Å². The Morgan fingerprint density at radius 3 is 2.41 bits per heavy atom. The van der Waals surface area contributed by atoms with Crippen LogP contribution in [0.1, 0.15) is 29.8 Å². The van der Waals surface area contributed by atoms with Crippen LogP contribution in [0, 0.1) is 0 Å². The molecule has 2 heterocycles. The topological polar surface area (TPSA) is 77.6 Å². The van der Waals surface area contributed by atoms with Crippen LogP contribution in [0.5, 0.6) is 0 Å². The Kier molecular flexibility index (Phi) is 7.12. The Balaban J connectivity index is 1.62. The van der Waals surface area contributed by atoms with E-state index in [2.05, 4.69) is 15.6 Å². The van der Waals surface area contributed by atoms with E-state index in [0.717, 1.165) is 12.3 Å². The second-order valence-electron chi connectivity index (χ2n) is 7.64. The first-order valence-electron chi connectivity index (χ1n) is 9.99. The quantitative estimate of drug-likeness (QED) is 0.702. The van der Waals surface area contributed by atoms with Crippen LogP contribution in [0.15, 0.2) is 36.5 Å². The smallest absolute Gasteiger partial charge is 0.352 e. The molecule has 3 amide bonds. The first kappa shape index (κ1) is 23.6. The molecule has 2 N–H and O–H groups in total. The van der Waals surface area contributed by atoms with Gasteiger partial charge in [-0.15, -0.1) is 0 Å². The zero-order valence-corrected chi connectivity index (χ0v) is 18.3. The van der Waals surface area contributed by atoms with Crippen molar-refractivity contribution in [2.75, 3.05) is 36.4 Å². The predicted molar refractivity (Wildman–Crippen MR) is 116 cm³/mol. The molecule has 0 saturated carbocycles. The summed E-state index contributed by atoms with van der Waals surface area (Å²) >= 11 is 6.03. The molecule has 3 rings (SSSR count). The van der Waals surface area contributed by atoms with E-state index in [-0.39, 0.29) is 28.8 Å². The number of pyridine rings is 1. The first-order chi connectivity index (χ1) is 15.0. The number of urea groups is 1. The van der Waals surface area contributed by atoms with Gasteiger partial charge < -0.3 is 20.4 Å². The van der Waals surface area contributed by atoms with Gasteiger partial charge in [0.25, 0.3) is 5.91 Å². The Morgan fingerprint density at radius 2 is 1.81 bits per heavy atom. The van der Waals surface area contributed by atoms with Crippen molar-refractivity contribution >= 4 is 35.0 Å². The number of aromatic nitrogens is 1. The van der Waals surface area contributed by atoms with Crippen molar-refractivity contribution in [2.45, 2.75) is 26.1 Å². The number of carbonyl (C=O) groups excluding carboxylic acids is 2. The van der Waals surface area contributed by atoms with Gasteiger partial charge in [0.05, 0.1) is 10.6 Å². The zero-order valence-electron chi connectivity index (χ0n) is 17.5. The van der Waals surface area contributed by atoms with Gasteiger partial charge in [0.15, 0.2) is 0 Å². The third-order valence-corrected chi connectivity index (χ3v) is 5.08. The summed E-state index contributed by atoms with van der Waals surface area (Å²) in [7, 11) is 0. The average Bonchev–Trinajstić information content (AvgIpc) is 2.72. The molecule has 1 fully saturated rings.